The van der Waals surface area contributed by atoms with Gasteiger partial charge in [-0.1, -0.05) is 66.2 Å². The fourth-order valence-electron chi connectivity index (χ4n) is 7.18. The van der Waals surface area contributed by atoms with Crippen molar-refractivity contribution in [2.24, 2.45) is 0 Å². The molecule has 3 N–H and O–H groups in total. The highest BCUT2D eigenvalue weighted by atomic mass is 35.5. The second kappa shape index (κ2) is 18.7. The van der Waals surface area contributed by atoms with Crippen molar-refractivity contribution in [3.05, 3.63) is 148 Å². The molecule has 58 heavy (non-hydrogen) atoms. The van der Waals surface area contributed by atoms with Gasteiger partial charge in [0.25, 0.3) is 21.6 Å². The number of hydrogen-bond acceptors (Lipinski definition) is 11. The number of piperazine rings is 1. The van der Waals surface area contributed by atoms with E-state index in [0.29, 0.717) is 36.8 Å². The van der Waals surface area contributed by atoms with E-state index >= 15 is 0 Å². The minimum atomic E-state index is -4.45. The molecule has 0 bridgehead atoms. The van der Waals surface area contributed by atoms with Crippen molar-refractivity contribution >= 4 is 56.4 Å². The smallest absolute Gasteiger partial charge is 0.293 e. The van der Waals surface area contributed by atoms with Crippen LogP contribution >= 0.6 is 23.4 Å². The Kier molecular flexibility index (Phi) is 13.3. The number of nitro groups is 1. The first-order valence-corrected chi connectivity index (χ1v) is 22.0. The van der Waals surface area contributed by atoms with Crippen LogP contribution in [0.2, 0.25) is 5.02 Å². The molecule has 302 valence electrons. The zero-order valence-corrected chi connectivity index (χ0v) is 34.1. The van der Waals surface area contributed by atoms with Gasteiger partial charge in [-0.05, 0) is 83.8 Å². The van der Waals surface area contributed by atoms with Crippen LogP contribution in [0.5, 0.6) is 0 Å². The van der Waals surface area contributed by atoms with Crippen LogP contribution < -0.4 is 14.9 Å². The van der Waals surface area contributed by atoms with Crippen molar-refractivity contribution in [2.45, 2.75) is 34.9 Å². The topological polar surface area (TPSA) is 148 Å². The third-order valence-electron chi connectivity index (χ3n) is 10.4. The number of benzene rings is 5. The number of nitrogens with zero attached hydrogens (tertiary/aromatic N) is 4. The summed E-state index contributed by atoms with van der Waals surface area (Å²) in [6, 6.07) is 36.2. The van der Waals surface area contributed by atoms with Crippen LogP contribution in [0.15, 0.2) is 131 Å². The highest BCUT2D eigenvalue weighted by molar-refractivity contribution is 7.99. The number of sulfonamides is 1. The number of hydrogen-bond donors (Lipinski definition) is 3. The summed E-state index contributed by atoms with van der Waals surface area (Å²) in [4.78, 5) is 32.2. The Bertz CT molecular complexity index is 2300. The average Bonchev–Trinajstić information content (AvgIpc) is 3.22. The molecule has 2 aliphatic heterocycles. The minimum Gasteiger partial charge on any atom is -0.390 e. The molecule has 0 aromatic heterocycles. The highest BCUT2D eigenvalue weighted by Gasteiger charge is 2.28. The van der Waals surface area contributed by atoms with Crippen LogP contribution in [0.4, 0.5) is 17.1 Å². The van der Waals surface area contributed by atoms with Gasteiger partial charge in [0.2, 0.25) is 0 Å². The van der Waals surface area contributed by atoms with Crippen LogP contribution in [0.25, 0.3) is 11.1 Å². The number of rotatable bonds is 16. The van der Waals surface area contributed by atoms with E-state index in [1.165, 1.54) is 23.3 Å². The lowest BCUT2D eigenvalue weighted by atomic mass is 9.99. The summed E-state index contributed by atoms with van der Waals surface area (Å²) in [7, 11) is -4.45. The standard InChI is InChI=1S/C43H45ClN6O6S2/c44-34-14-10-31(11-15-34)40-9-5-4-6-33(40)27-47-22-24-49(25-23-47)36-16-12-32(13-17-36)43(52)46-58(55,56)39-18-19-41(42(26-39)50(53)54)45-35(20-21-48-28-37(51)29-48)30-57-38-7-2-1-3-8-38/h1-19,26,35,37,45,51H,20-25,27-30H2,(H,46,52)/t35-/m1/s1. The second-order valence-corrected chi connectivity index (χ2v) is 17.7. The Balaban J connectivity index is 0.955. The molecule has 5 aromatic rings. The summed E-state index contributed by atoms with van der Waals surface area (Å²) in [6.07, 6.45) is 0.311. The monoisotopic (exact) mass is 840 g/mol. The zero-order chi connectivity index (χ0) is 40.6. The first-order chi connectivity index (χ1) is 28.0. The molecule has 0 aliphatic carbocycles. The van der Waals surface area contributed by atoms with E-state index in [-0.39, 0.29) is 23.4 Å². The maximum absolute atomic E-state index is 13.4. The first kappa shape index (κ1) is 41.2. The lowest BCUT2D eigenvalue weighted by Gasteiger charge is -2.36. The lowest BCUT2D eigenvalue weighted by molar-refractivity contribution is -0.384. The predicted octanol–water partition coefficient (Wildman–Crippen LogP) is 7.00. The normalized spacial score (nSPS) is 15.7. The molecule has 2 fully saturated rings. The summed E-state index contributed by atoms with van der Waals surface area (Å²) in [6.45, 7) is 5.91. The van der Waals surface area contributed by atoms with E-state index in [9.17, 15) is 28.4 Å². The van der Waals surface area contributed by atoms with Crippen molar-refractivity contribution in [1.82, 2.24) is 14.5 Å². The van der Waals surface area contributed by atoms with Crippen LogP contribution in [-0.2, 0) is 16.6 Å². The predicted molar refractivity (Wildman–Crippen MR) is 230 cm³/mol. The number of β-amino-alcohol motifs (C(OH)–C–C–N with tert-alkyl or cyclic N) is 1. The van der Waals surface area contributed by atoms with E-state index in [1.807, 2.05) is 60.7 Å². The summed E-state index contributed by atoms with van der Waals surface area (Å²) >= 11 is 7.73. The number of aliphatic hydroxyl groups excluding tert-OH is 1. The molecule has 15 heteroatoms. The van der Waals surface area contributed by atoms with E-state index in [4.69, 9.17) is 11.6 Å². The fraction of sp³-hybridized carbons (Fsp3) is 0.279. The number of aliphatic hydroxyl groups is 1. The molecule has 0 saturated carbocycles. The quantitative estimate of drug-likeness (QED) is 0.0536. The Morgan fingerprint density at radius 1 is 0.879 bits per heavy atom. The van der Waals surface area contributed by atoms with Gasteiger partial charge in [-0.2, -0.15) is 0 Å². The van der Waals surface area contributed by atoms with Crippen LogP contribution in [0.1, 0.15) is 22.3 Å². The number of nitro benzene ring substituents is 1. The van der Waals surface area contributed by atoms with Crippen molar-refractivity contribution < 1.29 is 23.2 Å². The number of thioether (sulfide) groups is 1. The van der Waals surface area contributed by atoms with Crippen molar-refractivity contribution in [3.63, 3.8) is 0 Å². The molecule has 2 aliphatic rings. The number of amides is 1. The third-order valence-corrected chi connectivity index (χ3v) is 13.2. The third kappa shape index (κ3) is 10.6. The van der Waals surface area contributed by atoms with Gasteiger partial charge in [0.05, 0.1) is 15.9 Å². The van der Waals surface area contributed by atoms with E-state index in [2.05, 4.69) is 42.9 Å². The van der Waals surface area contributed by atoms with E-state index in [1.54, 1.807) is 36.0 Å². The van der Waals surface area contributed by atoms with E-state index in [0.717, 1.165) is 54.9 Å². The molecule has 7 rings (SSSR count). The molecule has 2 saturated heterocycles. The molecule has 1 amide bonds. The molecular weight excluding hydrogens is 796 g/mol. The minimum absolute atomic E-state index is 0.144. The van der Waals surface area contributed by atoms with Gasteiger partial charge in [0.15, 0.2) is 0 Å². The van der Waals surface area contributed by atoms with Crippen LogP contribution in [0, 0.1) is 10.1 Å². The molecule has 2 heterocycles. The lowest BCUT2D eigenvalue weighted by Crippen LogP contribution is -2.51. The molecule has 0 radical (unpaired) electrons. The average molecular weight is 841 g/mol. The van der Waals surface area contributed by atoms with Crippen LogP contribution in [0.3, 0.4) is 0 Å². The van der Waals surface area contributed by atoms with Crippen LogP contribution in [-0.4, -0.2) is 97.9 Å². The number of anilines is 2. The fourth-order valence-corrected chi connectivity index (χ4v) is 9.30. The first-order valence-electron chi connectivity index (χ1n) is 19.1. The van der Waals surface area contributed by atoms with Gasteiger partial charge in [-0.15, -0.1) is 11.8 Å². The number of halogens is 1. The Labute approximate surface area is 348 Å². The SMILES string of the molecule is O=C(NS(=O)(=O)c1ccc(N[C@H](CCN2CC(O)C2)CSc2ccccc2)c([N+](=O)[O-])c1)c1ccc(N2CCN(Cc3ccccc3-c3ccc(Cl)cc3)CC2)cc1. The van der Waals surface area contributed by atoms with Gasteiger partial charge in [0.1, 0.15) is 5.69 Å². The van der Waals surface area contributed by atoms with Gasteiger partial charge in [0, 0.05) is 91.4 Å². The Morgan fingerprint density at radius 2 is 1.57 bits per heavy atom. The molecule has 12 nitrogen and oxygen atoms in total. The highest BCUT2D eigenvalue weighted by Crippen LogP contribution is 2.31. The molecule has 1 atom stereocenters. The largest absolute Gasteiger partial charge is 0.390 e. The maximum atomic E-state index is 13.4. The second-order valence-electron chi connectivity index (χ2n) is 14.5. The Morgan fingerprint density at radius 3 is 2.26 bits per heavy atom. The summed E-state index contributed by atoms with van der Waals surface area (Å²) in [5.41, 5.74) is 4.37. The van der Waals surface area contributed by atoms with Gasteiger partial charge >= 0.3 is 0 Å². The summed E-state index contributed by atoms with van der Waals surface area (Å²) in [5.74, 6) is -0.238. The molecule has 0 unspecified atom stereocenters. The summed E-state index contributed by atoms with van der Waals surface area (Å²) < 4.78 is 28.9. The van der Waals surface area contributed by atoms with Gasteiger partial charge in [-0.25, -0.2) is 13.1 Å². The Hall–Kier alpha value is -4.96. The zero-order valence-electron chi connectivity index (χ0n) is 31.7. The number of carbonyl (C=O) groups excluding carboxylic acids is 1. The van der Waals surface area contributed by atoms with Gasteiger partial charge < -0.3 is 15.3 Å². The van der Waals surface area contributed by atoms with Crippen molar-refractivity contribution in [3.8, 4) is 11.1 Å². The van der Waals surface area contributed by atoms with Crippen molar-refractivity contribution in [1.29, 1.82) is 0 Å². The van der Waals surface area contributed by atoms with E-state index < -0.39 is 31.4 Å². The number of likely N-dealkylation sites (tertiary alicyclic amines) is 1. The van der Waals surface area contributed by atoms with Gasteiger partial charge in [-0.3, -0.25) is 24.7 Å². The number of carbonyl (C=O) groups is 1. The maximum Gasteiger partial charge on any atom is 0.293 e. The molecule has 0 spiro atoms. The summed E-state index contributed by atoms with van der Waals surface area (Å²) in [5, 5.41) is 25.9. The molecular formula is C43H45ClN6O6S2. The van der Waals surface area contributed by atoms with Crippen molar-refractivity contribution in [2.75, 3.05) is 61.8 Å². The molecule has 5 aromatic carbocycles. The number of nitrogens with one attached hydrogen (secondary N) is 2.